The lowest BCUT2D eigenvalue weighted by Crippen LogP contribution is -2.59. The van der Waals surface area contributed by atoms with E-state index < -0.39 is 0 Å². The number of piperidine rings is 3. The predicted octanol–water partition coefficient (Wildman–Crippen LogP) is 3.95. The highest BCUT2D eigenvalue weighted by atomic mass is 15.2. The highest BCUT2D eigenvalue weighted by molar-refractivity contribution is 5.64. The molecule has 1 aromatic carbocycles. The third-order valence-electron chi connectivity index (χ3n) is 5.61. The molecule has 0 amide bonds. The quantitative estimate of drug-likeness (QED) is 0.930. The minimum Gasteiger partial charge on any atom is -0.365 e. The number of nitrogens with one attached hydrogen (secondary N) is 1. The molecule has 2 atom stereocenters. The summed E-state index contributed by atoms with van der Waals surface area (Å²) >= 11 is 0. The first-order chi connectivity index (χ1) is 11.2. The summed E-state index contributed by atoms with van der Waals surface area (Å²) in [5.74, 6) is 1.81. The van der Waals surface area contributed by atoms with Gasteiger partial charge in [0.25, 0.3) is 0 Å². The fourth-order valence-electron chi connectivity index (χ4n) is 4.19. The Morgan fingerprint density at radius 1 is 1.09 bits per heavy atom. The van der Waals surface area contributed by atoms with Crippen molar-refractivity contribution >= 4 is 5.82 Å². The van der Waals surface area contributed by atoms with Crippen LogP contribution in [0.1, 0.15) is 25.3 Å². The van der Waals surface area contributed by atoms with Crippen LogP contribution in [0.25, 0.3) is 11.1 Å². The van der Waals surface area contributed by atoms with Crippen molar-refractivity contribution in [1.29, 1.82) is 0 Å². The van der Waals surface area contributed by atoms with Crippen LogP contribution in [0, 0.1) is 12.8 Å². The number of hydrogen-bond acceptors (Lipinski definition) is 3. The van der Waals surface area contributed by atoms with E-state index in [1.165, 1.54) is 42.6 Å². The Balaban J connectivity index is 1.50. The van der Waals surface area contributed by atoms with Crippen molar-refractivity contribution < 1.29 is 0 Å². The van der Waals surface area contributed by atoms with Crippen molar-refractivity contribution in [1.82, 2.24) is 9.88 Å². The second kappa shape index (κ2) is 5.97. The molecule has 0 spiro atoms. The van der Waals surface area contributed by atoms with Crippen LogP contribution in [-0.2, 0) is 0 Å². The molecule has 4 heterocycles. The second-order valence-electron chi connectivity index (χ2n) is 7.09. The zero-order chi connectivity index (χ0) is 15.8. The van der Waals surface area contributed by atoms with Gasteiger partial charge in [-0.3, -0.25) is 4.90 Å². The molecule has 0 radical (unpaired) electrons. The molecule has 3 aliphatic rings. The molecule has 3 saturated heterocycles. The Kier molecular flexibility index (Phi) is 3.82. The Bertz CT molecular complexity index is 670. The van der Waals surface area contributed by atoms with E-state index in [0.29, 0.717) is 12.1 Å². The van der Waals surface area contributed by atoms with Gasteiger partial charge in [-0.15, -0.1) is 0 Å². The summed E-state index contributed by atoms with van der Waals surface area (Å²) in [6, 6.07) is 14.0. The highest BCUT2D eigenvalue weighted by Crippen LogP contribution is 2.34. The van der Waals surface area contributed by atoms with E-state index in [4.69, 9.17) is 0 Å². The predicted molar refractivity (Wildman–Crippen MR) is 95.6 cm³/mol. The van der Waals surface area contributed by atoms with Crippen LogP contribution >= 0.6 is 0 Å². The van der Waals surface area contributed by atoms with E-state index in [2.05, 4.69) is 65.4 Å². The van der Waals surface area contributed by atoms with Gasteiger partial charge in [-0.2, -0.15) is 0 Å². The Hall–Kier alpha value is -1.87. The average molecular weight is 307 g/mol. The molecule has 3 heteroatoms. The van der Waals surface area contributed by atoms with Crippen molar-refractivity contribution in [2.24, 2.45) is 5.92 Å². The largest absolute Gasteiger partial charge is 0.365 e. The van der Waals surface area contributed by atoms with Gasteiger partial charge in [0.1, 0.15) is 5.82 Å². The fraction of sp³-hybridized carbons (Fsp3) is 0.450. The fourth-order valence-corrected chi connectivity index (χ4v) is 4.19. The summed E-state index contributed by atoms with van der Waals surface area (Å²) in [5, 5.41) is 3.70. The van der Waals surface area contributed by atoms with Gasteiger partial charge in [0, 0.05) is 23.8 Å². The van der Waals surface area contributed by atoms with Gasteiger partial charge in [-0.1, -0.05) is 29.8 Å². The molecule has 1 aromatic heterocycles. The zero-order valence-electron chi connectivity index (χ0n) is 14.0. The third kappa shape index (κ3) is 2.86. The molecular weight excluding hydrogens is 282 g/mol. The van der Waals surface area contributed by atoms with Gasteiger partial charge in [0.2, 0.25) is 0 Å². The number of aromatic nitrogens is 1. The number of fused-ring (bicyclic) bond motifs is 3. The Morgan fingerprint density at radius 3 is 2.57 bits per heavy atom. The van der Waals surface area contributed by atoms with Gasteiger partial charge in [0.15, 0.2) is 0 Å². The third-order valence-corrected chi connectivity index (χ3v) is 5.61. The molecule has 1 N–H and O–H groups in total. The molecule has 0 aliphatic carbocycles. The average Bonchev–Trinajstić information content (AvgIpc) is 2.59. The summed E-state index contributed by atoms with van der Waals surface area (Å²) in [6.45, 7) is 7.01. The minimum atomic E-state index is 0.537. The van der Waals surface area contributed by atoms with Gasteiger partial charge < -0.3 is 5.32 Å². The summed E-state index contributed by atoms with van der Waals surface area (Å²) < 4.78 is 0. The van der Waals surface area contributed by atoms with E-state index >= 15 is 0 Å². The standard InChI is InChI=1S/C20H25N3/c1-14-4-3-5-17(12-14)18-6-7-19(21-13-18)22-20-15(2)23-10-8-16(20)9-11-23/h3-7,12-13,15-16,20H,8-11H2,1-2H3,(H,21,22). The molecule has 3 nitrogen and oxygen atoms in total. The van der Waals surface area contributed by atoms with Crippen LogP contribution in [0.4, 0.5) is 5.82 Å². The van der Waals surface area contributed by atoms with Crippen molar-refractivity contribution in [2.75, 3.05) is 18.4 Å². The minimum absolute atomic E-state index is 0.537. The first-order valence-corrected chi connectivity index (χ1v) is 8.74. The van der Waals surface area contributed by atoms with Gasteiger partial charge >= 0.3 is 0 Å². The molecule has 2 unspecified atom stereocenters. The maximum atomic E-state index is 4.67. The Morgan fingerprint density at radius 2 is 1.91 bits per heavy atom. The summed E-state index contributed by atoms with van der Waals surface area (Å²) in [4.78, 5) is 7.28. The molecular formula is C20H25N3. The number of nitrogens with zero attached hydrogens (tertiary/aromatic N) is 2. The number of aryl methyl sites for hydroxylation is 1. The van der Waals surface area contributed by atoms with E-state index in [1.54, 1.807) is 0 Å². The first kappa shape index (κ1) is 14.7. The number of benzene rings is 1. The molecule has 120 valence electrons. The van der Waals surface area contributed by atoms with Crippen molar-refractivity contribution in [3.8, 4) is 11.1 Å². The molecule has 3 aliphatic heterocycles. The van der Waals surface area contributed by atoms with Crippen LogP contribution < -0.4 is 5.32 Å². The van der Waals surface area contributed by atoms with Crippen molar-refractivity contribution in [2.45, 2.75) is 38.8 Å². The zero-order valence-corrected chi connectivity index (χ0v) is 14.0. The van der Waals surface area contributed by atoms with E-state index in [9.17, 15) is 0 Å². The topological polar surface area (TPSA) is 28.2 Å². The lowest BCUT2D eigenvalue weighted by molar-refractivity contribution is 0.0457. The lowest BCUT2D eigenvalue weighted by Gasteiger charge is -2.50. The van der Waals surface area contributed by atoms with Crippen molar-refractivity contribution in [3.05, 3.63) is 48.2 Å². The maximum absolute atomic E-state index is 4.67. The first-order valence-electron chi connectivity index (χ1n) is 8.74. The molecule has 3 fully saturated rings. The van der Waals surface area contributed by atoms with Crippen LogP contribution in [0.15, 0.2) is 42.6 Å². The van der Waals surface area contributed by atoms with Crippen molar-refractivity contribution in [3.63, 3.8) is 0 Å². The van der Waals surface area contributed by atoms with Gasteiger partial charge in [0.05, 0.1) is 0 Å². The normalized spacial score (nSPS) is 29.5. The lowest BCUT2D eigenvalue weighted by atomic mass is 9.79. The highest BCUT2D eigenvalue weighted by Gasteiger charge is 2.39. The molecule has 5 rings (SSSR count). The molecule has 0 saturated carbocycles. The smallest absolute Gasteiger partial charge is 0.126 e. The maximum Gasteiger partial charge on any atom is 0.126 e. The molecule has 2 aromatic rings. The van der Waals surface area contributed by atoms with E-state index in [-0.39, 0.29) is 0 Å². The van der Waals surface area contributed by atoms with Crippen LogP contribution in [0.3, 0.4) is 0 Å². The van der Waals surface area contributed by atoms with E-state index in [1.807, 2.05) is 6.20 Å². The second-order valence-corrected chi connectivity index (χ2v) is 7.09. The van der Waals surface area contributed by atoms with Crippen LogP contribution in [-0.4, -0.2) is 35.1 Å². The van der Waals surface area contributed by atoms with Gasteiger partial charge in [-0.25, -0.2) is 4.98 Å². The summed E-state index contributed by atoms with van der Waals surface area (Å²) in [5.41, 5.74) is 3.70. The van der Waals surface area contributed by atoms with Gasteiger partial charge in [-0.05, 0) is 63.4 Å². The van der Waals surface area contributed by atoms with E-state index in [0.717, 1.165) is 11.7 Å². The summed E-state index contributed by atoms with van der Waals surface area (Å²) in [7, 11) is 0. The number of pyridine rings is 1. The number of anilines is 1. The monoisotopic (exact) mass is 307 g/mol. The molecule has 2 bridgehead atoms. The SMILES string of the molecule is Cc1cccc(-c2ccc(NC3C4CCN(CC4)C3C)nc2)c1. The number of rotatable bonds is 3. The summed E-state index contributed by atoms with van der Waals surface area (Å²) in [6.07, 6.45) is 4.63. The van der Waals surface area contributed by atoms with Crippen LogP contribution in [0.2, 0.25) is 0 Å². The molecule has 23 heavy (non-hydrogen) atoms. The number of hydrogen-bond donors (Lipinski definition) is 1. The Labute approximate surface area is 138 Å². The van der Waals surface area contributed by atoms with Crippen LogP contribution in [0.5, 0.6) is 0 Å².